The van der Waals surface area contributed by atoms with Crippen LogP contribution in [0.1, 0.15) is 65.2 Å². The molecule has 0 spiro atoms. The summed E-state index contributed by atoms with van der Waals surface area (Å²) in [6, 6.07) is 0. The highest BCUT2D eigenvalue weighted by Gasteiger charge is 2.50. The third-order valence-electron chi connectivity index (χ3n) is 5.41. The second-order valence-corrected chi connectivity index (χ2v) is 7.19. The number of fused-ring (bicyclic) bond motifs is 1. The molecule has 3 heteroatoms. The lowest BCUT2D eigenvalue weighted by molar-refractivity contribution is -0.146. The zero-order valence-corrected chi connectivity index (χ0v) is 12.8. The van der Waals surface area contributed by atoms with Crippen LogP contribution in [0.4, 0.5) is 0 Å². The number of cyclic esters (lactones) is 1. The molecule has 2 aliphatic carbocycles. The molecule has 0 aromatic rings. The summed E-state index contributed by atoms with van der Waals surface area (Å²) in [6.45, 7) is 4.20. The molecular weight excluding hydrogens is 252 g/mol. The molecule has 0 bridgehead atoms. The van der Waals surface area contributed by atoms with E-state index >= 15 is 0 Å². The van der Waals surface area contributed by atoms with Crippen LogP contribution in [-0.4, -0.2) is 24.3 Å². The van der Waals surface area contributed by atoms with E-state index in [1.54, 1.807) is 0 Å². The smallest absolute Gasteiger partial charge is 0.309 e. The van der Waals surface area contributed by atoms with Gasteiger partial charge in [-0.15, -0.1) is 0 Å². The molecule has 3 aliphatic rings. The van der Waals surface area contributed by atoms with Gasteiger partial charge in [0, 0.05) is 5.92 Å². The molecule has 0 amide bonds. The molecular formula is C17H28O3. The minimum absolute atomic E-state index is 0.0774. The van der Waals surface area contributed by atoms with Crippen LogP contribution in [0.3, 0.4) is 0 Å². The highest BCUT2D eigenvalue weighted by atomic mass is 16.6. The number of hydrogen-bond donors (Lipinski definition) is 0. The molecule has 1 saturated heterocycles. The van der Waals surface area contributed by atoms with Gasteiger partial charge in [-0.3, -0.25) is 4.79 Å². The van der Waals surface area contributed by atoms with E-state index in [2.05, 4.69) is 13.8 Å². The van der Waals surface area contributed by atoms with E-state index in [4.69, 9.17) is 9.47 Å². The minimum Gasteiger partial charge on any atom is -0.462 e. The molecule has 3 fully saturated rings. The van der Waals surface area contributed by atoms with Crippen molar-refractivity contribution in [3.8, 4) is 0 Å². The standard InChI is InChI=1S/C17H28O3/c1-11(2)19-13-8-9-14-15(10-13)16(20-17(14)18)12-6-4-3-5-7-12/h11-16H,3-10H2,1-2H3. The number of carbonyl (C=O) groups is 1. The largest absolute Gasteiger partial charge is 0.462 e. The molecule has 0 radical (unpaired) electrons. The summed E-state index contributed by atoms with van der Waals surface area (Å²) in [7, 11) is 0. The van der Waals surface area contributed by atoms with Crippen molar-refractivity contribution >= 4 is 5.97 Å². The van der Waals surface area contributed by atoms with Gasteiger partial charge in [-0.2, -0.15) is 0 Å². The second kappa shape index (κ2) is 6.05. The summed E-state index contributed by atoms with van der Waals surface area (Å²) in [6.07, 6.45) is 10.3. The van der Waals surface area contributed by atoms with Gasteiger partial charge in [-0.1, -0.05) is 19.3 Å². The van der Waals surface area contributed by atoms with Crippen molar-refractivity contribution in [1.82, 2.24) is 0 Å². The lowest BCUT2D eigenvalue weighted by Gasteiger charge is -2.36. The first-order chi connectivity index (χ1) is 9.65. The zero-order valence-electron chi connectivity index (χ0n) is 12.8. The maximum atomic E-state index is 12.1. The van der Waals surface area contributed by atoms with Crippen molar-refractivity contribution < 1.29 is 14.3 Å². The number of esters is 1. The Labute approximate surface area is 122 Å². The van der Waals surface area contributed by atoms with Crippen LogP contribution < -0.4 is 0 Å². The molecule has 20 heavy (non-hydrogen) atoms. The topological polar surface area (TPSA) is 35.5 Å². The molecule has 3 nitrogen and oxygen atoms in total. The fourth-order valence-corrected chi connectivity index (χ4v) is 4.55. The third-order valence-corrected chi connectivity index (χ3v) is 5.41. The SMILES string of the molecule is CC(C)OC1CCC2C(=O)OC(C3CCCCC3)C2C1. The quantitative estimate of drug-likeness (QED) is 0.739. The third kappa shape index (κ3) is 2.88. The lowest BCUT2D eigenvalue weighted by atomic mass is 9.71. The van der Waals surface area contributed by atoms with Gasteiger partial charge in [-0.25, -0.2) is 0 Å². The minimum atomic E-state index is 0.0774. The Morgan fingerprint density at radius 2 is 1.85 bits per heavy atom. The Morgan fingerprint density at radius 1 is 1.10 bits per heavy atom. The van der Waals surface area contributed by atoms with E-state index in [0.717, 1.165) is 19.3 Å². The summed E-state index contributed by atoms with van der Waals surface area (Å²) in [5, 5.41) is 0. The molecule has 1 aliphatic heterocycles. The normalized spacial score (nSPS) is 38.9. The highest BCUT2D eigenvalue weighted by molar-refractivity contribution is 5.75. The molecule has 0 N–H and O–H groups in total. The number of carbonyl (C=O) groups excluding carboxylic acids is 1. The Bertz CT molecular complexity index is 346. The fourth-order valence-electron chi connectivity index (χ4n) is 4.55. The first-order valence-electron chi connectivity index (χ1n) is 8.51. The Kier molecular flexibility index (Phi) is 4.34. The molecule has 0 aromatic heterocycles. The molecule has 3 rings (SSSR count). The first-order valence-corrected chi connectivity index (χ1v) is 8.51. The molecule has 0 aromatic carbocycles. The second-order valence-electron chi connectivity index (χ2n) is 7.19. The van der Waals surface area contributed by atoms with Crippen LogP contribution in [0.5, 0.6) is 0 Å². The van der Waals surface area contributed by atoms with Crippen molar-refractivity contribution in [3.63, 3.8) is 0 Å². The van der Waals surface area contributed by atoms with Gasteiger partial charge < -0.3 is 9.47 Å². The Hall–Kier alpha value is -0.570. The van der Waals surface area contributed by atoms with E-state index in [9.17, 15) is 4.79 Å². The molecule has 2 saturated carbocycles. The van der Waals surface area contributed by atoms with Crippen molar-refractivity contribution in [2.75, 3.05) is 0 Å². The summed E-state index contributed by atoms with van der Waals surface area (Å²) in [5.41, 5.74) is 0. The fraction of sp³-hybridized carbons (Fsp3) is 0.941. The van der Waals surface area contributed by atoms with Crippen LogP contribution in [0.15, 0.2) is 0 Å². The number of hydrogen-bond acceptors (Lipinski definition) is 3. The summed E-state index contributed by atoms with van der Waals surface area (Å²) >= 11 is 0. The van der Waals surface area contributed by atoms with Gasteiger partial charge in [-0.05, 0) is 51.9 Å². The number of ether oxygens (including phenoxy) is 2. The predicted octanol–water partition coefficient (Wildman–Crippen LogP) is 3.70. The van der Waals surface area contributed by atoms with Crippen LogP contribution in [-0.2, 0) is 14.3 Å². The van der Waals surface area contributed by atoms with Crippen LogP contribution >= 0.6 is 0 Å². The van der Waals surface area contributed by atoms with E-state index in [1.807, 2.05) is 0 Å². The van der Waals surface area contributed by atoms with Gasteiger partial charge in [0.2, 0.25) is 0 Å². The average molecular weight is 280 g/mol. The molecule has 1 heterocycles. The monoisotopic (exact) mass is 280 g/mol. The maximum absolute atomic E-state index is 12.1. The van der Waals surface area contributed by atoms with Crippen molar-refractivity contribution in [2.24, 2.45) is 17.8 Å². The van der Waals surface area contributed by atoms with Gasteiger partial charge in [0.05, 0.1) is 18.1 Å². The highest BCUT2D eigenvalue weighted by Crippen LogP contribution is 2.46. The van der Waals surface area contributed by atoms with E-state index in [1.165, 1.54) is 32.1 Å². The first kappa shape index (κ1) is 14.4. The van der Waals surface area contributed by atoms with E-state index in [0.29, 0.717) is 17.9 Å². The van der Waals surface area contributed by atoms with Crippen molar-refractivity contribution in [2.45, 2.75) is 83.5 Å². The van der Waals surface area contributed by atoms with Gasteiger partial charge in [0.15, 0.2) is 0 Å². The van der Waals surface area contributed by atoms with Gasteiger partial charge in [0.1, 0.15) is 6.10 Å². The predicted molar refractivity (Wildman–Crippen MR) is 77.3 cm³/mol. The maximum Gasteiger partial charge on any atom is 0.309 e. The zero-order chi connectivity index (χ0) is 14.1. The lowest BCUT2D eigenvalue weighted by Crippen LogP contribution is -2.37. The van der Waals surface area contributed by atoms with Crippen LogP contribution in [0.25, 0.3) is 0 Å². The summed E-state index contributed by atoms with van der Waals surface area (Å²) in [4.78, 5) is 12.1. The summed E-state index contributed by atoms with van der Waals surface area (Å²) < 4.78 is 11.8. The Balaban J connectivity index is 1.67. The molecule has 4 unspecified atom stereocenters. The number of rotatable bonds is 3. The Morgan fingerprint density at radius 3 is 2.55 bits per heavy atom. The van der Waals surface area contributed by atoms with Gasteiger partial charge >= 0.3 is 5.97 Å². The van der Waals surface area contributed by atoms with Crippen LogP contribution in [0.2, 0.25) is 0 Å². The molecule has 114 valence electrons. The average Bonchev–Trinajstić information content (AvgIpc) is 2.76. The van der Waals surface area contributed by atoms with Crippen molar-refractivity contribution in [3.05, 3.63) is 0 Å². The van der Waals surface area contributed by atoms with E-state index < -0.39 is 0 Å². The van der Waals surface area contributed by atoms with E-state index in [-0.39, 0.29) is 24.1 Å². The molecule has 4 atom stereocenters. The van der Waals surface area contributed by atoms with Crippen molar-refractivity contribution in [1.29, 1.82) is 0 Å². The summed E-state index contributed by atoms with van der Waals surface area (Å²) in [5.74, 6) is 1.27. The van der Waals surface area contributed by atoms with Crippen LogP contribution in [0, 0.1) is 17.8 Å². The van der Waals surface area contributed by atoms with Gasteiger partial charge in [0.25, 0.3) is 0 Å².